The van der Waals surface area contributed by atoms with E-state index in [1.165, 1.54) is 0 Å². The minimum Gasteiger partial charge on any atom is -0.594 e. The van der Waals surface area contributed by atoms with Gasteiger partial charge in [-0.15, -0.1) is 0 Å². The minimum atomic E-state index is 0.432. The molecule has 0 bridgehead atoms. The summed E-state index contributed by atoms with van der Waals surface area (Å²) in [6.07, 6.45) is 1.71. The highest BCUT2D eigenvalue weighted by molar-refractivity contribution is 7.08. The fraction of sp³-hybridized carbons (Fsp3) is 0. The third-order valence-corrected chi connectivity index (χ3v) is 4.05. The lowest BCUT2D eigenvalue weighted by Gasteiger charge is -2.02. The van der Waals surface area contributed by atoms with Crippen molar-refractivity contribution in [3.05, 3.63) is 51.5 Å². The van der Waals surface area contributed by atoms with Gasteiger partial charge in [0.15, 0.2) is 0 Å². The van der Waals surface area contributed by atoms with Gasteiger partial charge in [-0.05, 0) is 39.4 Å². The van der Waals surface area contributed by atoms with E-state index in [-0.39, 0.29) is 0 Å². The van der Waals surface area contributed by atoms with Gasteiger partial charge >= 0.3 is 0 Å². The van der Waals surface area contributed by atoms with Crippen LogP contribution in [0.15, 0.2) is 41.2 Å². The number of aromatic nitrogens is 4. The summed E-state index contributed by atoms with van der Waals surface area (Å²) >= 11 is 7.59. The Morgan fingerprint density at radius 3 is 3.00 bits per heavy atom. The molecule has 0 aliphatic heterocycles. The zero-order valence-corrected chi connectivity index (χ0v) is 11.6. The maximum atomic E-state index is 12.0. The number of hydrogen-bond donors (Lipinski definition) is 0. The molecule has 0 N–H and O–H groups in total. The highest BCUT2D eigenvalue weighted by Gasteiger charge is 2.17. The van der Waals surface area contributed by atoms with Crippen molar-refractivity contribution in [3.8, 4) is 11.1 Å². The molecule has 1 aromatic carbocycles. The first kappa shape index (κ1) is 11.6. The molecule has 3 aromatic heterocycles. The number of fused-ring (bicyclic) bond motifs is 3. The van der Waals surface area contributed by atoms with E-state index in [1.807, 2.05) is 16.8 Å². The fourth-order valence-electron chi connectivity index (χ4n) is 2.20. The predicted molar refractivity (Wildman–Crippen MR) is 77.8 cm³/mol. The first-order valence-electron chi connectivity index (χ1n) is 5.83. The van der Waals surface area contributed by atoms with E-state index in [4.69, 9.17) is 11.6 Å². The van der Waals surface area contributed by atoms with Gasteiger partial charge < -0.3 is 5.21 Å². The van der Waals surface area contributed by atoms with Crippen molar-refractivity contribution in [2.24, 2.45) is 0 Å². The Balaban J connectivity index is 2.15. The number of benzene rings is 1. The lowest BCUT2D eigenvalue weighted by molar-refractivity contribution is -0.640. The molecule has 20 heavy (non-hydrogen) atoms. The summed E-state index contributed by atoms with van der Waals surface area (Å²) in [5, 5.41) is 25.0. The van der Waals surface area contributed by atoms with E-state index in [1.54, 1.807) is 40.2 Å². The summed E-state index contributed by atoms with van der Waals surface area (Å²) < 4.78 is 1.64. The monoisotopic (exact) mass is 302 g/mol. The number of hydrogen-bond acceptors (Lipinski definition) is 4. The molecule has 0 fully saturated rings. The van der Waals surface area contributed by atoms with E-state index in [9.17, 15) is 5.21 Å². The number of nitrogens with zero attached hydrogens (tertiary/aromatic N) is 4. The molecule has 0 radical (unpaired) electrons. The molecule has 0 aliphatic carbocycles. The largest absolute Gasteiger partial charge is 0.594 e. The quantitative estimate of drug-likeness (QED) is 0.401. The van der Waals surface area contributed by atoms with Gasteiger partial charge in [-0.2, -0.15) is 16.4 Å². The Labute approximate surface area is 122 Å². The first-order chi connectivity index (χ1) is 9.74. The fourth-order valence-corrected chi connectivity index (χ4v) is 3.03. The Kier molecular flexibility index (Phi) is 2.42. The number of rotatable bonds is 1. The maximum Gasteiger partial charge on any atom is 0.270 e. The van der Waals surface area contributed by atoms with Crippen molar-refractivity contribution in [2.45, 2.75) is 0 Å². The smallest absolute Gasteiger partial charge is 0.270 e. The standard InChI is InChI=1S/C13H7ClN4OS/c14-9-1-2-11-12(5-9)17-13(16-18(11)19)10(6-15-17)8-3-4-20-7-8/h1-7H. The van der Waals surface area contributed by atoms with Gasteiger partial charge in [-0.1, -0.05) is 11.6 Å². The van der Waals surface area contributed by atoms with Crippen LogP contribution in [-0.4, -0.2) is 14.7 Å². The summed E-state index contributed by atoms with van der Waals surface area (Å²) in [5.41, 5.74) is 3.42. The van der Waals surface area contributed by atoms with Gasteiger partial charge in [-0.3, -0.25) is 0 Å². The Morgan fingerprint density at radius 2 is 2.20 bits per heavy atom. The van der Waals surface area contributed by atoms with Crippen LogP contribution in [0.5, 0.6) is 0 Å². The molecule has 5 nitrogen and oxygen atoms in total. The van der Waals surface area contributed by atoms with Gasteiger partial charge in [0.2, 0.25) is 5.65 Å². The molecule has 0 saturated carbocycles. The molecule has 0 spiro atoms. The Hall–Kier alpha value is -2.18. The van der Waals surface area contributed by atoms with Crippen molar-refractivity contribution in [1.29, 1.82) is 0 Å². The van der Waals surface area contributed by atoms with Crippen molar-refractivity contribution >= 4 is 39.6 Å². The van der Waals surface area contributed by atoms with Crippen LogP contribution in [0.4, 0.5) is 0 Å². The second-order valence-electron chi connectivity index (χ2n) is 4.31. The molecule has 4 aromatic rings. The molecular formula is C13H7ClN4OS. The van der Waals surface area contributed by atoms with Crippen molar-refractivity contribution < 1.29 is 4.85 Å². The van der Waals surface area contributed by atoms with E-state index in [0.29, 0.717) is 26.5 Å². The van der Waals surface area contributed by atoms with Gasteiger partial charge in [0.25, 0.3) is 5.52 Å². The van der Waals surface area contributed by atoms with Crippen LogP contribution >= 0.6 is 22.9 Å². The van der Waals surface area contributed by atoms with E-state index in [2.05, 4.69) is 10.2 Å². The third kappa shape index (κ3) is 1.59. The molecule has 0 saturated heterocycles. The topological polar surface area (TPSA) is 57.1 Å². The van der Waals surface area contributed by atoms with Crippen molar-refractivity contribution in [2.75, 3.05) is 0 Å². The lowest BCUT2D eigenvalue weighted by Crippen LogP contribution is -2.33. The van der Waals surface area contributed by atoms with E-state index >= 15 is 0 Å². The highest BCUT2D eigenvalue weighted by Crippen LogP contribution is 2.26. The summed E-state index contributed by atoms with van der Waals surface area (Å²) in [7, 11) is 0. The first-order valence-corrected chi connectivity index (χ1v) is 7.15. The summed E-state index contributed by atoms with van der Waals surface area (Å²) in [6, 6.07) is 6.99. The SMILES string of the molecule is [O-][n+]1nc2c(-c3ccsc3)cnn2c2cc(Cl)ccc21. The normalized spacial score (nSPS) is 11.4. The zero-order chi connectivity index (χ0) is 13.7. The maximum absolute atomic E-state index is 12.0. The van der Waals surface area contributed by atoms with Crippen molar-refractivity contribution in [1.82, 2.24) is 14.7 Å². The molecule has 3 heterocycles. The average molecular weight is 303 g/mol. The lowest BCUT2D eigenvalue weighted by atomic mass is 10.2. The van der Waals surface area contributed by atoms with Crippen LogP contribution in [0.1, 0.15) is 0 Å². The molecular weight excluding hydrogens is 296 g/mol. The molecule has 0 amide bonds. The second kappa shape index (κ2) is 4.16. The zero-order valence-electron chi connectivity index (χ0n) is 10.0. The van der Waals surface area contributed by atoms with Gasteiger partial charge in [-0.25, -0.2) is 4.52 Å². The Morgan fingerprint density at radius 1 is 1.30 bits per heavy atom. The highest BCUT2D eigenvalue weighted by atomic mass is 35.5. The van der Waals surface area contributed by atoms with Crippen molar-refractivity contribution in [3.63, 3.8) is 0 Å². The summed E-state index contributed by atoms with van der Waals surface area (Å²) in [6.45, 7) is 0. The van der Waals surface area contributed by atoms with Crippen LogP contribution < -0.4 is 4.85 Å². The molecule has 0 unspecified atom stereocenters. The predicted octanol–water partition coefficient (Wildman–Crippen LogP) is 2.90. The minimum absolute atomic E-state index is 0.432. The number of halogens is 1. The van der Waals surface area contributed by atoms with Crippen LogP contribution in [0.25, 0.3) is 27.8 Å². The molecule has 0 aliphatic rings. The molecule has 7 heteroatoms. The van der Waals surface area contributed by atoms with E-state index in [0.717, 1.165) is 11.1 Å². The van der Waals surface area contributed by atoms with Crippen LogP contribution in [0.2, 0.25) is 5.02 Å². The third-order valence-electron chi connectivity index (χ3n) is 3.13. The summed E-state index contributed by atoms with van der Waals surface area (Å²) in [4.78, 5) is 0.610. The second-order valence-corrected chi connectivity index (χ2v) is 5.53. The summed E-state index contributed by atoms with van der Waals surface area (Å²) in [5.74, 6) is 0. The molecule has 4 rings (SSSR count). The van der Waals surface area contributed by atoms with Gasteiger partial charge in [0.05, 0.1) is 11.8 Å². The average Bonchev–Trinajstić information content (AvgIpc) is 3.06. The molecule has 0 atom stereocenters. The van der Waals surface area contributed by atoms with Crippen LogP contribution in [0.3, 0.4) is 0 Å². The number of thiophene rings is 1. The van der Waals surface area contributed by atoms with Gasteiger partial charge in [0.1, 0.15) is 5.52 Å². The molecule has 98 valence electrons. The van der Waals surface area contributed by atoms with Crippen LogP contribution in [0, 0.1) is 5.21 Å². The Bertz CT molecular complexity index is 933. The van der Waals surface area contributed by atoms with E-state index < -0.39 is 0 Å². The van der Waals surface area contributed by atoms with Gasteiger partial charge in [0, 0.05) is 16.2 Å². The van der Waals surface area contributed by atoms with Crippen LogP contribution in [-0.2, 0) is 0 Å².